The molecule has 26 heavy (non-hydrogen) atoms. The molecule has 2 N–H and O–H groups in total. The van der Waals surface area contributed by atoms with Gasteiger partial charge in [0.1, 0.15) is 0 Å². The molecule has 0 fully saturated rings. The molecule has 0 aliphatic heterocycles. The van der Waals surface area contributed by atoms with Crippen molar-refractivity contribution in [1.82, 2.24) is 0 Å². The lowest BCUT2D eigenvalue weighted by Gasteiger charge is -2.26. The second-order valence-electron chi connectivity index (χ2n) is 5.92. The molecule has 3 aromatic rings. The number of ketones is 1. The minimum absolute atomic E-state index is 0.0394. The molecule has 1 unspecified atom stereocenters. The first-order valence-electron chi connectivity index (χ1n) is 8.08. The van der Waals surface area contributed by atoms with Crippen molar-refractivity contribution in [3.8, 4) is 5.69 Å². The Morgan fingerprint density at radius 2 is 1.50 bits per heavy atom. The summed E-state index contributed by atoms with van der Waals surface area (Å²) in [7, 11) is 0. The summed E-state index contributed by atoms with van der Waals surface area (Å²) in [4.78, 5) is 24.5. The number of hydrogen-bond acceptors (Lipinski definition) is 3. The van der Waals surface area contributed by atoms with Gasteiger partial charge in [0.05, 0.1) is 5.56 Å². The Morgan fingerprint density at radius 1 is 0.885 bits per heavy atom. The van der Waals surface area contributed by atoms with Gasteiger partial charge in [-0.2, -0.15) is 4.57 Å². The van der Waals surface area contributed by atoms with Crippen LogP contribution in [0.2, 0.25) is 0 Å². The zero-order valence-corrected chi connectivity index (χ0v) is 14.2. The van der Waals surface area contributed by atoms with Crippen molar-refractivity contribution < 1.29 is 24.4 Å². The molecule has 3 rings (SSSR count). The number of rotatable bonds is 5. The van der Waals surface area contributed by atoms with Crippen molar-refractivity contribution in [2.45, 2.75) is 12.5 Å². The smallest absolute Gasteiger partial charge is 0.345 e. The second-order valence-corrected chi connectivity index (χ2v) is 5.92. The first-order valence-corrected chi connectivity index (χ1v) is 8.08. The highest BCUT2D eigenvalue weighted by Crippen LogP contribution is 2.34. The van der Waals surface area contributed by atoms with E-state index in [1.165, 1.54) is 25.1 Å². The normalized spacial score (nSPS) is 13.0. The van der Waals surface area contributed by atoms with Crippen molar-refractivity contribution in [1.29, 1.82) is 0 Å². The summed E-state index contributed by atoms with van der Waals surface area (Å²) in [6.45, 7) is 1.36. The minimum atomic E-state index is -2.34. The third-order valence-corrected chi connectivity index (χ3v) is 4.28. The molecule has 1 heterocycles. The topological polar surface area (TPSA) is 78.5 Å². The summed E-state index contributed by atoms with van der Waals surface area (Å²) in [5, 5.41) is 21.0. The van der Waals surface area contributed by atoms with Crippen LogP contribution in [0.1, 0.15) is 28.4 Å². The molecule has 130 valence electrons. The van der Waals surface area contributed by atoms with Crippen molar-refractivity contribution in [3.63, 3.8) is 0 Å². The van der Waals surface area contributed by atoms with Crippen molar-refractivity contribution >= 4 is 11.8 Å². The fourth-order valence-corrected chi connectivity index (χ4v) is 3.06. The molecule has 1 atom stereocenters. The maximum Gasteiger partial charge on any atom is 0.345 e. The van der Waals surface area contributed by atoms with Gasteiger partial charge in [-0.3, -0.25) is 4.79 Å². The maximum atomic E-state index is 12.4. The van der Waals surface area contributed by atoms with E-state index in [-0.39, 0.29) is 22.5 Å². The van der Waals surface area contributed by atoms with Crippen LogP contribution >= 0.6 is 0 Å². The Labute approximate surface area is 150 Å². The van der Waals surface area contributed by atoms with E-state index in [0.29, 0.717) is 5.69 Å². The van der Waals surface area contributed by atoms with E-state index in [1.807, 2.05) is 6.07 Å². The zero-order valence-electron chi connectivity index (χ0n) is 14.2. The molecule has 5 heteroatoms. The molecule has 0 amide bonds. The lowest BCUT2D eigenvalue weighted by molar-refractivity contribution is -0.595. The first kappa shape index (κ1) is 17.5. The highest BCUT2D eigenvalue weighted by atomic mass is 16.4. The lowest BCUT2D eigenvalue weighted by Crippen LogP contribution is -2.40. The minimum Gasteiger partial charge on any atom is -0.479 e. The van der Waals surface area contributed by atoms with E-state index in [0.717, 1.165) is 0 Å². The maximum absolute atomic E-state index is 12.4. The highest BCUT2D eigenvalue weighted by molar-refractivity contribution is 6.01. The number of aromatic nitrogens is 1. The predicted molar refractivity (Wildman–Crippen MR) is 95.1 cm³/mol. The largest absolute Gasteiger partial charge is 0.479 e. The standard InChI is InChI=1S/C21H17NO4/c1-15(23)19-17(11-8-12-18(19)22-13-6-3-7-14-22)21(26,20(24)25)16-9-4-2-5-10-16/h2-14,26H,1H3/p+1. The summed E-state index contributed by atoms with van der Waals surface area (Å²) in [6.07, 6.45) is 3.52. The van der Waals surface area contributed by atoms with Crippen LogP contribution in [0.3, 0.4) is 0 Å². The number of Topliss-reactive ketones (excluding diaryl/α,β-unsaturated/α-hetero) is 1. The van der Waals surface area contributed by atoms with Gasteiger partial charge in [0.2, 0.25) is 11.3 Å². The molecule has 0 saturated heterocycles. The number of aliphatic carboxylic acids is 1. The number of carboxylic acids is 1. The number of carbonyl (C=O) groups is 2. The van der Waals surface area contributed by atoms with Crippen LogP contribution in [-0.2, 0) is 10.4 Å². The van der Waals surface area contributed by atoms with Crippen LogP contribution < -0.4 is 4.57 Å². The van der Waals surface area contributed by atoms with Crippen molar-refractivity contribution in [3.05, 3.63) is 95.8 Å². The molecule has 1 aromatic heterocycles. The number of aliphatic hydroxyl groups is 1. The number of nitrogens with zero attached hydrogens (tertiary/aromatic N) is 1. The van der Waals surface area contributed by atoms with Gasteiger partial charge in [0.25, 0.3) is 0 Å². The van der Waals surface area contributed by atoms with Gasteiger partial charge >= 0.3 is 5.97 Å². The van der Waals surface area contributed by atoms with E-state index in [9.17, 15) is 19.8 Å². The quantitative estimate of drug-likeness (QED) is 0.548. The van der Waals surface area contributed by atoms with Gasteiger partial charge in [-0.25, -0.2) is 4.79 Å². The van der Waals surface area contributed by atoms with Gasteiger partial charge in [0, 0.05) is 23.8 Å². The first-order chi connectivity index (χ1) is 12.5. The number of hydrogen-bond donors (Lipinski definition) is 2. The van der Waals surface area contributed by atoms with Crippen molar-refractivity contribution in [2.75, 3.05) is 0 Å². The molecule has 0 radical (unpaired) electrons. The third kappa shape index (κ3) is 2.89. The Morgan fingerprint density at radius 3 is 2.08 bits per heavy atom. The predicted octanol–water partition coefficient (Wildman–Crippen LogP) is 2.49. The SMILES string of the molecule is CC(=O)c1c(-[n+]2ccccc2)cccc1C(O)(C(=O)O)c1ccccc1. The molecule has 2 aromatic carbocycles. The fourth-order valence-electron chi connectivity index (χ4n) is 3.06. The van der Waals surface area contributed by atoms with Crippen LogP contribution in [-0.4, -0.2) is 22.0 Å². The van der Waals surface area contributed by atoms with E-state index < -0.39 is 11.6 Å². The Hall–Kier alpha value is -3.31. The molecule has 0 saturated carbocycles. The van der Waals surface area contributed by atoms with Crippen LogP contribution in [0.15, 0.2) is 79.1 Å². The zero-order chi connectivity index (χ0) is 18.7. The molecule has 0 aliphatic carbocycles. The summed E-state index contributed by atoms with van der Waals surface area (Å²) >= 11 is 0. The highest BCUT2D eigenvalue weighted by Gasteiger charge is 2.44. The Bertz CT molecular complexity index is 954. The molecular weight excluding hydrogens is 330 g/mol. The number of benzene rings is 2. The third-order valence-electron chi connectivity index (χ3n) is 4.28. The summed E-state index contributed by atoms with van der Waals surface area (Å²) in [6, 6.07) is 18.3. The molecular formula is C21H18NO4+. The van der Waals surface area contributed by atoms with Crippen LogP contribution in [0.4, 0.5) is 0 Å². The van der Waals surface area contributed by atoms with E-state index in [2.05, 4.69) is 0 Å². The molecule has 5 nitrogen and oxygen atoms in total. The molecule has 0 bridgehead atoms. The summed E-state index contributed by atoms with van der Waals surface area (Å²) < 4.78 is 1.72. The molecule has 0 spiro atoms. The number of pyridine rings is 1. The monoisotopic (exact) mass is 348 g/mol. The van der Waals surface area contributed by atoms with E-state index in [4.69, 9.17) is 0 Å². The Balaban J connectivity index is 2.34. The van der Waals surface area contributed by atoms with Gasteiger partial charge in [-0.1, -0.05) is 48.5 Å². The average Bonchev–Trinajstić information content (AvgIpc) is 2.67. The number of carboxylic acid groups (broad SMARTS) is 1. The van der Waals surface area contributed by atoms with Crippen LogP contribution in [0.25, 0.3) is 5.69 Å². The summed E-state index contributed by atoms with van der Waals surface area (Å²) in [5.41, 5.74) is -1.44. The van der Waals surface area contributed by atoms with Gasteiger partial charge in [0.15, 0.2) is 18.2 Å². The van der Waals surface area contributed by atoms with Crippen molar-refractivity contribution in [2.24, 2.45) is 0 Å². The van der Waals surface area contributed by atoms with Gasteiger partial charge < -0.3 is 10.2 Å². The summed E-state index contributed by atoms with van der Waals surface area (Å²) in [5.74, 6) is -1.77. The Kier molecular flexibility index (Phi) is 4.65. The van der Waals surface area contributed by atoms with E-state index in [1.54, 1.807) is 59.4 Å². The molecule has 0 aliphatic rings. The average molecular weight is 348 g/mol. The van der Waals surface area contributed by atoms with Crippen LogP contribution in [0.5, 0.6) is 0 Å². The lowest BCUT2D eigenvalue weighted by atomic mass is 9.82. The van der Waals surface area contributed by atoms with Crippen LogP contribution in [0, 0.1) is 0 Å². The second kappa shape index (κ2) is 6.90. The van der Waals surface area contributed by atoms with Gasteiger partial charge in [-0.05, 0) is 12.5 Å². The number of carbonyl (C=O) groups excluding carboxylic acids is 1. The van der Waals surface area contributed by atoms with Gasteiger partial charge in [-0.15, -0.1) is 0 Å². The van der Waals surface area contributed by atoms with E-state index >= 15 is 0 Å². The fraction of sp³-hybridized carbons (Fsp3) is 0.0952.